The summed E-state index contributed by atoms with van der Waals surface area (Å²) in [6.07, 6.45) is 0. The average molecular weight is 291 g/mol. The van der Waals surface area contributed by atoms with Crippen LogP contribution in [0.2, 0.25) is 5.15 Å². The Bertz CT molecular complexity index is 588. The number of rotatable bonds is 3. The van der Waals surface area contributed by atoms with Crippen LogP contribution in [0.3, 0.4) is 0 Å². The number of hydrogen-bond acceptors (Lipinski definition) is 3. The van der Waals surface area contributed by atoms with Crippen LogP contribution in [-0.2, 0) is 5.41 Å². The minimum Gasteiger partial charge on any atom is -0.494 e. The summed E-state index contributed by atoms with van der Waals surface area (Å²) in [5.74, 6) is 1.60. The number of ether oxygens (including phenoxy) is 1. The molecule has 0 radical (unpaired) electrons. The van der Waals surface area contributed by atoms with Crippen LogP contribution in [0.25, 0.3) is 11.3 Å². The van der Waals surface area contributed by atoms with Gasteiger partial charge in [0.2, 0.25) is 0 Å². The molecule has 4 heteroatoms. The highest BCUT2D eigenvalue weighted by Crippen LogP contribution is 2.26. The molecule has 1 heterocycles. The van der Waals surface area contributed by atoms with Crippen molar-refractivity contribution in [2.24, 2.45) is 0 Å². The molecule has 2 rings (SSSR count). The maximum Gasteiger partial charge on any atom is 0.136 e. The van der Waals surface area contributed by atoms with Crippen molar-refractivity contribution in [3.05, 3.63) is 41.3 Å². The standard InChI is InChI=1S/C16H19ClN2O/c1-5-20-12-8-6-11(7-9-12)13-10-14(17)19-15(18-13)16(2,3)4/h6-10H,5H2,1-4H3. The van der Waals surface area contributed by atoms with Crippen molar-refractivity contribution in [1.29, 1.82) is 0 Å². The molecule has 0 saturated heterocycles. The number of hydrogen-bond donors (Lipinski definition) is 0. The van der Waals surface area contributed by atoms with E-state index in [4.69, 9.17) is 16.3 Å². The molecule has 0 spiro atoms. The summed E-state index contributed by atoms with van der Waals surface area (Å²) in [4.78, 5) is 8.92. The highest BCUT2D eigenvalue weighted by molar-refractivity contribution is 6.29. The summed E-state index contributed by atoms with van der Waals surface area (Å²) in [6, 6.07) is 9.62. The molecule has 20 heavy (non-hydrogen) atoms. The van der Waals surface area contributed by atoms with Crippen LogP contribution in [-0.4, -0.2) is 16.6 Å². The second kappa shape index (κ2) is 5.80. The van der Waals surface area contributed by atoms with E-state index in [9.17, 15) is 0 Å². The van der Waals surface area contributed by atoms with E-state index in [1.54, 1.807) is 6.07 Å². The highest BCUT2D eigenvalue weighted by atomic mass is 35.5. The Hall–Kier alpha value is -1.61. The lowest BCUT2D eigenvalue weighted by atomic mass is 9.95. The van der Waals surface area contributed by atoms with E-state index in [0.29, 0.717) is 11.8 Å². The fourth-order valence-electron chi connectivity index (χ4n) is 1.79. The van der Waals surface area contributed by atoms with Crippen molar-refractivity contribution < 1.29 is 4.74 Å². The topological polar surface area (TPSA) is 35.0 Å². The molecule has 0 bridgehead atoms. The molecular weight excluding hydrogens is 272 g/mol. The number of nitrogens with zero attached hydrogens (tertiary/aromatic N) is 2. The summed E-state index contributed by atoms with van der Waals surface area (Å²) in [5, 5.41) is 0.466. The Balaban J connectivity index is 2.39. The largest absolute Gasteiger partial charge is 0.494 e. The third-order valence-electron chi connectivity index (χ3n) is 2.83. The molecule has 106 valence electrons. The fourth-order valence-corrected chi connectivity index (χ4v) is 1.97. The molecule has 0 N–H and O–H groups in total. The average Bonchev–Trinajstić information content (AvgIpc) is 2.38. The van der Waals surface area contributed by atoms with Crippen LogP contribution in [0, 0.1) is 0 Å². The first kappa shape index (κ1) is 14.8. The zero-order chi connectivity index (χ0) is 14.8. The third-order valence-corrected chi connectivity index (χ3v) is 3.02. The van der Waals surface area contributed by atoms with Gasteiger partial charge in [0.15, 0.2) is 0 Å². The first-order valence-electron chi connectivity index (χ1n) is 6.68. The number of benzene rings is 1. The minimum atomic E-state index is -0.134. The lowest BCUT2D eigenvalue weighted by Crippen LogP contribution is -2.16. The summed E-state index contributed by atoms with van der Waals surface area (Å²) in [5.41, 5.74) is 1.70. The Morgan fingerprint density at radius 1 is 1.10 bits per heavy atom. The minimum absolute atomic E-state index is 0.134. The van der Waals surface area contributed by atoms with Gasteiger partial charge in [-0.15, -0.1) is 0 Å². The van der Waals surface area contributed by atoms with Gasteiger partial charge in [0, 0.05) is 17.0 Å². The lowest BCUT2D eigenvalue weighted by Gasteiger charge is -2.17. The summed E-state index contributed by atoms with van der Waals surface area (Å²) < 4.78 is 5.44. The van der Waals surface area contributed by atoms with E-state index in [2.05, 4.69) is 30.7 Å². The van der Waals surface area contributed by atoms with Gasteiger partial charge in [-0.05, 0) is 31.2 Å². The van der Waals surface area contributed by atoms with Crippen molar-refractivity contribution in [3.63, 3.8) is 0 Å². The second-order valence-electron chi connectivity index (χ2n) is 5.61. The predicted molar refractivity (Wildman–Crippen MR) is 82.3 cm³/mol. The van der Waals surface area contributed by atoms with Gasteiger partial charge < -0.3 is 4.74 Å². The fraction of sp³-hybridized carbons (Fsp3) is 0.375. The summed E-state index contributed by atoms with van der Waals surface area (Å²) >= 11 is 6.11. The van der Waals surface area contributed by atoms with E-state index in [0.717, 1.165) is 22.8 Å². The molecule has 0 aliphatic heterocycles. The third kappa shape index (κ3) is 3.48. The van der Waals surface area contributed by atoms with Crippen LogP contribution in [0.5, 0.6) is 5.75 Å². The summed E-state index contributed by atoms with van der Waals surface area (Å²) in [7, 11) is 0. The molecule has 3 nitrogen and oxygen atoms in total. The zero-order valence-electron chi connectivity index (χ0n) is 12.3. The second-order valence-corrected chi connectivity index (χ2v) is 5.99. The molecule has 1 aromatic carbocycles. The van der Waals surface area contributed by atoms with Crippen molar-refractivity contribution in [1.82, 2.24) is 9.97 Å². The van der Waals surface area contributed by atoms with Crippen LogP contribution < -0.4 is 4.74 Å². The normalized spacial score (nSPS) is 11.4. The molecule has 1 aromatic heterocycles. The van der Waals surface area contributed by atoms with E-state index in [1.807, 2.05) is 31.2 Å². The van der Waals surface area contributed by atoms with Crippen molar-refractivity contribution in [3.8, 4) is 17.0 Å². The number of aromatic nitrogens is 2. The Labute approximate surface area is 125 Å². The smallest absolute Gasteiger partial charge is 0.136 e. The first-order valence-corrected chi connectivity index (χ1v) is 7.06. The van der Waals surface area contributed by atoms with Gasteiger partial charge in [-0.25, -0.2) is 9.97 Å². The van der Waals surface area contributed by atoms with Crippen molar-refractivity contribution in [2.75, 3.05) is 6.61 Å². The SMILES string of the molecule is CCOc1ccc(-c2cc(Cl)nc(C(C)(C)C)n2)cc1. The van der Waals surface area contributed by atoms with Gasteiger partial charge in [0.25, 0.3) is 0 Å². The van der Waals surface area contributed by atoms with Crippen LogP contribution >= 0.6 is 11.6 Å². The van der Waals surface area contributed by atoms with Gasteiger partial charge in [0.05, 0.1) is 12.3 Å². The van der Waals surface area contributed by atoms with Gasteiger partial charge in [-0.3, -0.25) is 0 Å². The van der Waals surface area contributed by atoms with Crippen LogP contribution in [0.15, 0.2) is 30.3 Å². The monoisotopic (exact) mass is 290 g/mol. The van der Waals surface area contributed by atoms with Crippen LogP contribution in [0.4, 0.5) is 0 Å². The van der Waals surface area contributed by atoms with Gasteiger partial charge >= 0.3 is 0 Å². The van der Waals surface area contributed by atoms with E-state index in [1.165, 1.54) is 0 Å². The van der Waals surface area contributed by atoms with Gasteiger partial charge in [-0.1, -0.05) is 32.4 Å². The maximum absolute atomic E-state index is 6.11. The summed E-state index contributed by atoms with van der Waals surface area (Å²) in [6.45, 7) is 8.84. The Morgan fingerprint density at radius 2 is 1.75 bits per heavy atom. The first-order chi connectivity index (χ1) is 9.40. The highest BCUT2D eigenvalue weighted by Gasteiger charge is 2.19. The molecule has 2 aromatic rings. The molecule has 0 aliphatic rings. The molecule has 0 fully saturated rings. The molecule has 0 atom stereocenters. The van der Waals surface area contributed by atoms with Gasteiger partial charge in [0.1, 0.15) is 16.7 Å². The lowest BCUT2D eigenvalue weighted by molar-refractivity contribution is 0.340. The van der Waals surface area contributed by atoms with Crippen LogP contribution in [0.1, 0.15) is 33.5 Å². The van der Waals surface area contributed by atoms with Crippen molar-refractivity contribution in [2.45, 2.75) is 33.1 Å². The molecule has 0 aliphatic carbocycles. The molecular formula is C16H19ClN2O. The molecule has 0 saturated carbocycles. The molecule has 0 amide bonds. The predicted octanol–water partition coefficient (Wildman–Crippen LogP) is 4.49. The maximum atomic E-state index is 6.11. The van der Waals surface area contributed by atoms with Gasteiger partial charge in [-0.2, -0.15) is 0 Å². The van der Waals surface area contributed by atoms with Crippen molar-refractivity contribution >= 4 is 11.6 Å². The zero-order valence-corrected chi connectivity index (χ0v) is 13.0. The van der Waals surface area contributed by atoms with E-state index in [-0.39, 0.29) is 5.41 Å². The number of halogens is 1. The van der Waals surface area contributed by atoms with E-state index < -0.39 is 0 Å². The Morgan fingerprint density at radius 3 is 2.30 bits per heavy atom. The Kier molecular flexibility index (Phi) is 4.29. The quantitative estimate of drug-likeness (QED) is 0.781. The van der Waals surface area contributed by atoms with E-state index >= 15 is 0 Å². The molecule has 0 unspecified atom stereocenters.